The number of thiophene rings is 1. The molecule has 0 amide bonds. The number of methoxy groups -OCH3 is 2. The molecule has 0 saturated carbocycles. The number of nitrogens with one attached hydrogen (secondary N) is 1. The predicted molar refractivity (Wildman–Crippen MR) is 80.5 cm³/mol. The molecule has 2 aromatic rings. The summed E-state index contributed by atoms with van der Waals surface area (Å²) >= 11 is 1.01. The summed E-state index contributed by atoms with van der Waals surface area (Å²) in [6.45, 7) is 0.0514. The Hall–Kier alpha value is -1.97. The van der Waals surface area contributed by atoms with Gasteiger partial charge in [0.05, 0.1) is 14.2 Å². The average molecular weight is 342 g/mol. The van der Waals surface area contributed by atoms with Gasteiger partial charge >= 0.3 is 5.97 Å². The highest BCUT2D eigenvalue weighted by atomic mass is 32.2. The minimum Gasteiger partial charge on any atom is -0.481 e. The Morgan fingerprint density at radius 2 is 2.09 bits per heavy atom. The van der Waals surface area contributed by atoms with Crippen LogP contribution in [0.2, 0.25) is 0 Å². The molecule has 0 bridgehead atoms. The van der Waals surface area contributed by atoms with Crippen LogP contribution in [0.3, 0.4) is 0 Å². The zero-order valence-electron chi connectivity index (χ0n) is 11.9. The van der Waals surface area contributed by atoms with Gasteiger partial charge in [-0.3, -0.25) is 0 Å². The van der Waals surface area contributed by atoms with Crippen LogP contribution in [-0.2, 0) is 21.3 Å². The van der Waals surface area contributed by atoms with Crippen molar-refractivity contribution in [3.8, 4) is 5.88 Å². The van der Waals surface area contributed by atoms with Gasteiger partial charge in [-0.15, -0.1) is 11.3 Å². The minimum atomic E-state index is -3.82. The van der Waals surface area contributed by atoms with E-state index in [1.165, 1.54) is 31.9 Å². The lowest BCUT2D eigenvalue weighted by Gasteiger charge is -2.07. The summed E-state index contributed by atoms with van der Waals surface area (Å²) in [5, 5.41) is 1.52. The molecule has 2 aromatic heterocycles. The SMILES string of the molecule is COC(=O)c1sccc1S(=O)(=O)NCc1ccc(OC)nc1. The van der Waals surface area contributed by atoms with E-state index < -0.39 is 16.0 Å². The number of aromatic nitrogens is 1. The Morgan fingerprint density at radius 1 is 1.32 bits per heavy atom. The smallest absolute Gasteiger partial charge is 0.349 e. The Bertz CT molecular complexity index is 753. The molecule has 9 heteroatoms. The molecule has 0 saturated heterocycles. The number of pyridine rings is 1. The third-order valence-corrected chi connectivity index (χ3v) is 5.23. The third kappa shape index (κ3) is 3.62. The summed E-state index contributed by atoms with van der Waals surface area (Å²) in [6.07, 6.45) is 1.51. The summed E-state index contributed by atoms with van der Waals surface area (Å²) in [5.74, 6) is -0.237. The molecule has 2 heterocycles. The number of carbonyl (C=O) groups is 1. The van der Waals surface area contributed by atoms with Crippen molar-refractivity contribution in [1.29, 1.82) is 0 Å². The highest BCUT2D eigenvalue weighted by Crippen LogP contribution is 2.22. The monoisotopic (exact) mass is 342 g/mol. The van der Waals surface area contributed by atoms with Crippen LogP contribution in [0.15, 0.2) is 34.7 Å². The van der Waals surface area contributed by atoms with Crippen LogP contribution in [0.4, 0.5) is 0 Å². The molecule has 118 valence electrons. The van der Waals surface area contributed by atoms with Gasteiger partial charge < -0.3 is 9.47 Å². The second-order valence-corrected chi connectivity index (χ2v) is 6.79. The fourth-order valence-electron chi connectivity index (χ4n) is 1.64. The van der Waals surface area contributed by atoms with E-state index in [-0.39, 0.29) is 16.3 Å². The molecule has 0 spiro atoms. The van der Waals surface area contributed by atoms with Crippen LogP contribution in [0.25, 0.3) is 0 Å². The first-order chi connectivity index (χ1) is 10.5. The average Bonchev–Trinajstić information content (AvgIpc) is 3.03. The Labute approximate surface area is 132 Å². The maximum absolute atomic E-state index is 12.3. The number of carbonyl (C=O) groups excluding carboxylic acids is 1. The van der Waals surface area contributed by atoms with Crippen molar-refractivity contribution in [3.63, 3.8) is 0 Å². The fourth-order valence-corrected chi connectivity index (χ4v) is 3.99. The molecule has 0 atom stereocenters. The maximum Gasteiger partial charge on any atom is 0.349 e. The first-order valence-electron chi connectivity index (χ1n) is 6.12. The number of hydrogen-bond acceptors (Lipinski definition) is 7. The van der Waals surface area contributed by atoms with Crippen molar-refractivity contribution >= 4 is 27.3 Å². The summed E-state index contributed by atoms with van der Waals surface area (Å²) < 4.78 is 36.5. The largest absolute Gasteiger partial charge is 0.481 e. The number of sulfonamides is 1. The van der Waals surface area contributed by atoms with Gasteiger partial charge in [-0.05, 0) is 17.0 Å². The fraction of sp³-hybridized carbons (Fsp3) is 0.231. The molecule has 0 aliphatic carbocycles. The summed E-state index contributed by atoms with van der Waals surface area (Å²) in [4.78, 5) is 15.5. The van der Waals surface area contributed by atoms with Gasteiger partial charge in [0.2, 0.25) is 15.9 Å². The van der Waals surface area contributed by atoms with Gasteiger partial charge in [-0.2, -0.15) is 0 Å². The van der Waals surface area contributed by atoms with E-state index in [1.54, 1.807) is 12.1 Å². The first-order valence-corrected chi connectivity index (χ1v) is 8.48. The van der Waals surface area contributed by atoms with Crippen LogP contribution in [0, 0.1) is 0 Å². The van der Waals surface area contributed by atoms with Crippen LogP contribution in [0.1, 0.15) is 15.2 Å². The first kappa shape index (κ1) is 16.4. The van der Waals surface area contributed by atoms with Gasteiger partial charge in [-0.1, -0.05) is 6.07 Å². The van der Waals surface area contributed by atoms with Gasteiger partial charge in [0, 0.05) is 18.8 Å². The normalized spacial score (nSPS) is 11.2. The van der Waals surface area contributed by atoms with E-state index in [9.17, 15) is 13.2 Å². The lowest BCUT2D eigenvalue weighted by atomic mass is 10.3. The summed E-state index contributed by atoms with van der Waals surface area (Å²) in [5.41, 5.74) is 0.666. The quantitative estimate of drug-likeness (QED) is 0.798. The molecule has 0 radical (unpaired) electrons. The van der Waals surface area contributed by atoms with Crippen LogP contribution < -0.4 is 9.46 Å². The lowest BCUT2D eigenvalue weighted by Crippen LogP contribution is -2.24. The Kier molecular flexibility index (Phi) is 5.11. The molecule has 7 nitrogen and oxygen atoms in total. The van der Waals surface area contributed by atoms with Crippen LogP contribution in [0.5, 0.6) is 5.88 Å². The lowest BCUT2D eigenvalue weighted by molar-refractivity contribution is 0.0602. The molecule has 0 fully saturated rings. The molecular weight excluding hydrogens is 328 g/mol. The van der Waals surface area contributed by atoms with Crippen molar-refractivity contribution < 1.29 is 22.7 Å². The summed E-state index contributed by atoms with van der Waals surface area (Å²) in [6, 6.07) is 4.70. The van der Waals surface area contributed by atoms with E-state index >= 15 is 0 Å². The highest BCUT2D eigenvalue weighted by Gasteiger charge is 2.24. The van der Waals surface area contributed by atoms with E-state index in [0.717, 1.165) is 11.3 Å². The second-order valence-electron chi connectivity index (χ2n) is 4.14. The van der Waals surface area contributed by atoms with Gasteiger partial charge in [0.1, 0.15) is 9.77 Å². The van der Waals surface area contributed by atoms with Crippen LogP contribution >= 0.6 is 11.3 Å². The molecule has 0 unspecified atom stereocenters. The predicted octanol–water partition coefficient (Wildman–Crippen LogP) is 1.42. The molecular formula is C13H14N2O5S2. The van der Waals surface area contributed by atoms with E-state index in [4.69, 9.17) is 4.74 Å². The maximum atomic E-state index is 12.3. The molecule has 0 aliphatic heterocycles. The van der Waals surface area contributed by atoms with Crippen molar-refractivity contribution in [2.45, 2.75) is 11.4 Å². The zero-order chi connectivity index (χ0) is 16.2. The van der Waals surface area contributed by atoms with Gasteiger partial charge in [0.25, 0.3) is 0 Å². The Balaban J connectivity index is 2.14. The minimum absolute atomic E-state index is 0.0443. The number of ether oxygens (including phenoxy) is 2. The molecule has 0 aliphatic rings. The van der Waals surface area contributed by atoms with Crippen molar-refractivity contribution in [2.75, 3.05) is 14.2 Å². The van der Waals surface area contributed by atoms with Gasteiger partial charge in [-0.25, -0.2) is 22.9 Å². The second kappa shape index (κ2) is 6.86. The molecule has 0 aromatic carbocycles. The van der Waals surface area contributed by atoms with E-state index in [2.05, 4.69) is 14.4 Å². The van der Waals surface area contributed by atoms with E-state index in [0.29, 0.717) is 11.4 Å². The summed E-state index contributed by atoms with van der Waals surface area (Å²) in [7, 11) is -1.12. The van der Waals surface area contributed by atoms with Crippen molar-refractivity contribution in [2.24, 2.45) is 0 Å². The topological polar surface area (TPSA) is 94.6 Å². The third-order valence-electron chi connectivity index (χ3n) is 2.76. The standard InChI is InChI=1S/C13H14N2O5S2/c1-19-11-4-3-9(7-14-11)8-15-22(17,18)10-5-6-21-12(10)13(16)20-2/h3-7,15H,8H2,1-2H3. The number of rotatable bonds is 6. The van der Waals surface area contributed by atoms with Gasteiger partial charge in [0.15, 0.2) is 0 Å². The molecule has 2 rings (SSSR count). The van der Waals surface area contributed by atoms with Crippen molar-refractivity contribution in [3.05, 3.63) is 40.2 Å². The highest BCUT2D eigenvalue weighted by molar-refractivity contribution is 7.89. The molecule has 1 N–H and O–H groups in total. The molecule has 22 heavy (non-hydrogen) atoms. The Morgan fingerprint density at radius 3 is 2.68 bits per heavy atom. The number of hydrogen-bond donors (Lipinski definition) is 1. The number of esters is 1. The van der Waals surface area contributed by atoms with E-state index in [1.807, 2.05) is 0 Å². The van der Waals surface area contributed by atoms with Crippen LogP contribution in [-0.4, -0.2) is 33.6 Å². The van der Waals surface area contributed by atoms with Crippen molar-refractivity contribution in [1.82, 2.24) is 9.71 Å². The zero-order valence-corrected chi connectivity index (χ0v) is 13.5. The number of nitrogens with zero attached hydrogens (tertiary/aromatic N) is 1.